The maximum absolute atomic E-state index is 11.8. The second-order valence-corrected chi connectivity index (χ2v) is 5.15. The minimum Gasteiger partial charge on any atom is -0.360 e. The number of hydrogen-bond donors (Lipinski definition) is 1. The number of carbonyl (C=O) groups excluding carboxylic acids is 1. The molecule has 1 N–H and O–H groups in total. The van der Waals surface area contributed by atoms with Crippen LogP contribution < -0.4 is 5.32 Å². The summed E-state index contributed by atoms with van der Waals surface area (Å²) >= 11 is 1.44. The van der Waals surface area contributed by atoms with Crippen LogP contribution in [0.1, 0.15) is 9.67 Å². The number of allylic oxidation sites excluding steroid dienone is 1. The van der Waals surface area contributed by atoms with Gasteiger partial charge in [-0.25, -0.2) is 0 Å². The molecule has 4 heteroatoms. The van der Waals surface area contributed by atoms with E-state index in [-0.39, 0.29) is 5.78 Å². The summed E-state index contributed by atoms with van der Waals surface area (Å²) in [5.41, 5.74) is 1.78. The topological polar surface area (TPSA) is 42.0 Å². The molecule has 0 radical (unpaired) electrons. The summed E-state index contributed by atoms with van der Waals surface area (Å²) in [4.78, 5) is 16.9. The lowest BCUT2D eigenvalue weighted by Gasteiger charge is -2.04. The van der Waals surface area contributed by atoms with Crippen molar-refractivity contribution in [1.29, 1.82) is 0 Å². The molecular formula is C16H12N2OS. The molecule has 98 valence electrons. The first-order valence-electron chi connectivity index (χ1n) is 6.19. The first-order chi connectivity index (χ1) is 9.84. The molecule has 0 bridgehead atoms. The average molecular weight is 280 g/mol. The largest absolute Gasteiger partial charge is 0.360 e. The van der Waals surface area contributed by atoms with Crippen molar-refractivity contribution in [3.63, 3.8) is 0 Å². The van der Waals surface area contributed by atoms with Crippen LogP contribution in [0.5, 0.6) is 0 Å². The molecule has 2 heterocycles. The maximum atomic E-state index is 11.8. The summed E-state index contributed by atoms with van der Waals surface area (Å²) < 4.78 is 0. The highest BCUT2D eigenvalue weighted by Gasteiger charge is 2.02. The molecule has 3 nitrogen and oxygen atoms in total. The van der Waals surface area contributed by atoms with Gasteiger partial charge in [0.05, 0.1) is 16.1 Å². The monoisotopic (exact) mass is 280 g/mol. The van der Waals surface area contributed by atoms with E-state index in [0.29, 0.717) is 0 Å². The second kappa shape index (κ2) is 5.67. The highest BCUT2D eigenvalue weighted by Crippen LogP contribution is 2.20. The van der Waals surface area contributed by atoms with Gasteiger partial charge in [0.1, 0.15) is 0 Å². The molecule has 0 aliphatic rings. The number of benzene rings is 1. The molecule has 0 fully saturated rings. The van der Waals surface area contributed by atoms with Crippen LogP contribution in [0.15, 0.2) is 66.3 Å². The number of nitrogens with one attached hydrogen (secondary N) is 1. The van der Waals surface area contributed by atoms with Gasteiger partial charge in [-0.1, -0.05) is 24.3 Å². The molecule has 0 aliphatic carbocycles. The SMILES string of the molecule is O=C(/C=C\Nc1cccc2cccnc12)c1cccs1. The normalized spacial score (nSPS) is 11.0. The Morgan fingerprint density at radius 1 is 1.15 bits per heavy atom. The van der Waals surface area contributed by atoms with Gasteiger partial charge in [0, 0.05) is 23.9 Å². The Hall–Kier alpha value is -2.46. The van der Waals surface area contributed by atoms with Crippen molar-refractivity contribution in [2.45, 2.75) is 0 Å². The van der Waals surface area contributed by atoms with Crippen LogP contribution >= 0.6 is 11.3 Å². The van der Waals surface area contributed by atoms with Crippen LogP contribution in [0.2, 0.25) is 0 Å². The number of pyridine rings is 1. The van der Waals surface area contributed by atoms with Crippen molar-refractivity contribution in [2.75, 3.05) is 5.32 Å². The van der Waals surface area contributed by atoms with E-state index in [1.54, 1.807) is 12.4 Å². The van der Waals surface area contributed by atoms with Crippen molar-refractivity contribution < 1.29 is 4.79 Å². The van der Waals surface area contributed by atoms with E-state index in [9.17, 15) is 4.79 Å². The minimum atomic E-state index is 0.000644. The zero-order chi connectivity index (χ0) is 13.8. The predicted octanol–water partition coefficient (Wildman–Crippen LogP) is 4.10. The fraction of sp³-hybridized carbons (Fsp3) is 0. The Kier molecular flexibility index (Phi) is 3.56. The van der Waals surface area contributed by atoms with E-state index in [2.05, 4.69) is 10.3 Å². The lowest BCUT2D eigenvalue weighted by molar-refractivity contribution is 0.105. The van der Waals surface area contributed by atoms with E-state index < -0.39 is 0 Å². The van der Waals surface area contributed by atoms with Crippen molar-refractivity contribution >= 4 is 33.7 Å². The van der Waals surface area contributed by atoms with Crippen LogP contribution in [0.25, 0.3) is 10.9 Å². The Balaban J connectivity index is 1.79. The Bertz CT molecular complexity index is 758. The first-order valence-corrected chi connectivity index (χ1v) is 7.07. The quantitative estimate of drug-likeness (QED) is 0.578. The summed E-state index contributed by atoms with van der Waals surface area (Å²) in [5, 5.41) is 6.08. The van der Waals surface area contributed by atoms with Crippen molar-refractivity contribution in [1.82, 2.24) is 4.98 Å². The third-order valence-electron chi connectivity index (χ3n) is 2.87. The van der Waals surface area contributed by atoms with Gasteiger partial charge in [-0.05, 0) is 23.6 Å². The number of para-hydroxylation sites is 1. The standard InChI is InChI=1S/C16H12N2OS/c19-14(15-7-3-11-20-15)8-10-17-13-6-1-4-12-5-2-9-18-16(12)13/h1-11,17H/b10-8-. The third kappa shape index (κ3) is 2.60. The molecular weight excluding hydrogens is 268 g/mol. The van der Waals surface area contributed by atoms with Crippen molar-refractivity contribution in [3.8, 4) is 0 Å². The second-order valence-electron chi connectivity index (χ2n) is 4.20. The van der Waals surface area contributed by atoms with E-state index in [4.69, 9.17) is 0 Å². The van der Waals surface area contributed by atoms with Gasteiger partial charge >= 0.3 is 0 Å². The van der Waals surface area contributed by atoms with E-state index in [1.807, 2.05) is 47.8 Å². The lowest BCUT2D eigenvalue weighted by atomic mass is 10.2. The summed E-state index contributed by atoms with van der Waals surface area (Å²) in [6, 6.07) is 13.5. The van der Waals surface area contributed by atoms with Gasteiger partial charge in [-0.2, -0.15) is 0 Å². The van der Waals surface area contributed by atoms with Crippen LogP contribution in [-0.4, -0.2) is 10.8 Å². The molecule has 0 saturated heterocycles. The molecule has 3 rings (SSSR count). The van der Waals surface area contributed by atoms with Gasteiger partial charge in [0.25, 0.3) is 0 Å². The van der Waals surface area contributed by atoms with E-state index in [1.165, 1.54) is 17.4 Å². The van der Waals surface area contributed by atoms with Crippen molar-refractivity contribution in [2.24, 2.45) is 0 Å². The summed E-state index contributed by atoms with van der Waals surface area (Å²) in [5.74, 6) is 0.000644. The van der Waals surface area contributed by atoms with E-state index >= 15 is 0 Å². The van der Waals surface area contributed by atoms with Gasteiger partial charge in [-0.15, -0.1) is 11.3 Å². The molecule has 0 spiro atoms. The molecule has 0 aliphatic heterocycles. The highest BCUT2D eigenvalue weighted by atomic mass is 32.1. The zero-order valence-electron chi connectivity index (χ0n) is 10.6. The third-order valence-corrected chi connectivity index (χ3v) is 3.75. The molecule has 0 amide bonds. The molecule has 3 aromatic rings. The molecule has 0 atom stereocenters. The number of thiophene rings is 1. The zero-order valence-corrected chi connectivity index (χ0v) is 11.4. The number of hydrogen-bond acceptors (Lipinski definition) is 4. The number of aromatic nitrogens is 1. The fourth-order valence-electron chi connectivity index (χ4n) is 1.93. The maximum Gasteiger partial charge on any atom is 0.197 e. The smallest absolute Gasteiger partial charge is 0.197 e. The molecule has 20 heavy (non-hydrogen) atoms. The van der Waals surface area contributed by atoms with Crippen LogP contribution in [-0.2, 0) is 0 Å². The molecule has 0 unspecified atom stereocenters. The van der Waals surface area contributed by atoms with Crippen LogP contribution in [0, 0.1) is 0 Å². The van der Waals surface area contributed by atoms with E-state index in [0.717, 1.165) is 21.5 Å². The molecule has 2 aromatic heterocycles. The number of ketones is 1. The van der Waals surface area contributed by atoms with Gasteiger partial charge in [0.2, 0.25) is 0 Å². The van der Waals surface area contributed by atoms with Crippen LogP contribution in [0.3, 0.4) is 0 Å². The lowest BCUT2D eigenvalue weighted by Crippen LogP contribution is -1.94. The van der Waals surface area contributed by atoms with Gasteiger partial charge in [-0.3, -0.25) is 9.78 Å². The number of rotatable bonds is 4. The highest BCUT2D eigenvalue weighted by molar-refractivity contribution is 7.12. The fourth-order valence-corrected chi connectivity index (χ4v) is 2.57. The summed E-state index contributed by atoms with van der Waals surface area (Å²) in [7, 11) is 0. The number of fused-ring (bicyclic) bond motifs is 1. The number of carbonyl (C=O) groups is 1. The predicted molar refractivity (Wildman–Crippen MR) is 83.2 cm³/mol. The number of nitrogens with zero attached hydrogens (tertiary/aromatic N) is 1. The molecule has 1 aromatic carbocycles. The van der Waals surface area contributed by atoms with Gasteiger partial charge < -0.3 is 5.32 Å². The van der Waals surface area contributed by atoms with Gasteiger partial charge in [0.15, 0.2) is 5.78 Å². The Labute approximate surface area is 120 Å². The first kappa shape index (κ1) is 12.6. The number of anilines is 1. The summed E-state index contributed by atoms with van der Waals surface area (Å²) in [6.07, 6.45) is 4.95. The minimum absolute atomic E-state index is 0.000644. The molecule has 0 saturated carbocycles. The summed E-state index contributed by atoms with van der Waals surface area (Å²) in [6.45, 7) is 0. The Morgan fingerprint density at radius 2 is 2.05 bits per heavy atom. The average Bonchev–Trinajstić information content (AvgIpc) is 3.02. The van der Waals surface area contributed by atoms with Crippen LogP contribution in [0.4, 0.5) is 5.69 Å². The Morgan fingerprint density at radius 3 is 2.90 bits per heavy atom. The van der Waals surface area contributed by atoms with Crippen molar-refractivity contribution in [3.05, 3.63) is 71.2 Å².